The molecule has 3 rings (SSSR count). The lowest BCUT2D eigenvalue weighted by molar-refractivity contribution is 0.613. The summed E-state index contributed by atoms with van der Waals surface area (Å²) in [5, 5.41) is 5.56. The SMILES string of the molecule is Fc1ccc(CCn2cc3c[c]ccc3n2)cc1. The number of halogens is 1. The summed E-state index contributed by atoms with van der Waals surface area (Å²) in [5.41, 5.74) is 2.09. The van der Waals surface area contributed by atoms with Gasteiger partial charge in [-0.2, -0.15) is 5.10 Å². The van der Waals surface area contributed by atoms with Crippen LogP contribution < -0.4 is 0 Å². The van der Waals surface area contributed by atoms with Crippen LogP contribution in [0.2, 0.25) is 0 Å². The number of aryl methyl sites for hydroxylation is 2. The van der Waals surface area contributed by atoms with Crippen molar-refractivity contribution in [2.75, 3.05) is 0 Å². The van der Waals surface area contributed by atoms with E-state index in [0.717, 1.165) is 29.4 Å². The highest BCUT2D eigenvalue weighted by molar-refractivity contribution is 5.77. The van der Waals surface area contributed by atoms with E-state index < -0.39 is 0 Å². The molecule has 3 heteroatoms. The molecular weight excluding hydrogens is 227 g/mol. The second kappa shape index (κ2) is 4.61. The molecule has 0 saturated heterocycles. The highest BCUT2D eigenvalue weighted by Gasteiger charge is 2.00. The molecule has 89 valence electrons. The Hall–Kier alpha value is -2.16. The Labute approximate surface area is 105 Å². The molecular formula is C15H12FN2. The van der Waals surface area contributed by atoms with Gasteiger partial charge in [-0.25, -0.2) is 4.39 Å². The fraction of sp³-hybridized carbons (Fsp3) is 0.133. The Kier molecular flexibility index (Phi) is 2.81. The first-order chi connectivity index (χ1) is 8.81. The highest BCUT2D eigenvalue weighted by Crippen LogP contribution is 2.11. The second-order valence-electron chi connectivity index (χ2n) is 4.25. The minimum atomic E-state index is -0.195. The molecule has 1 heterocycles. The van der Waals surface area contributed by atoms with Gasteiger partial charge in [-0.1, -0.05) is 18.2 Å². The Bertz CT molecular complexity index is 623. The van der Waals surface area contributed by atoms with E-state index in [0.29, 0.717) is 0 Å². The maximum absolute atomic E-state index is 12.8. The molecule has 0 fully saturated rings. The first kappa shape index (κ1) is 11.0. The molecule has 3 aromatic rings. The average Bonchev–Trinajstić information content (AvgIpc) is 2.81. The fourth-order valence-corrected chi connectivity index (χ4v) is 1.97. The van der Waals surface area contributed by atoms with Crippen LogP contribution >= 0.6 is 0 Å². The van der Waals surface area contributed by atoms with Gasteiger partial charge in [-0.3, -0.25) is 4.68 Å². The lowest BCUT2D eigenvalue weighted by Crippen LogP contribution is -2.01. The van der Waals surface area contributed by atoms with E-state index in [1.807, 2.05) is 41.2 Å². The quantitative estimate of drug-likeness (QED) is 0.686. The zero-order valence-electron chi connectivity index (χ0n) is 9.81. The van der Waals surface area contributed by atoms with Gasteiger partial charge < -0.3 is 0 Å². The third-order valence-electron chi connectivity index (χ3n) is 2.94. The predicted octanol–water partition coefficient (Wildman–Crippen LogP) is 3.22. The van der Waals surface area contributed by atoms with Crippen molar-refractivity contribution in [2.24, 2.45) is 0 Å². The van der Waals surface area contributed by atoms with Crippen LogP contribution in [0.5, 0.6) is 0 Å². The molecule has 0 N–H and O–H groups in total. The molecule has 0 aliphatic heterocycles. The summed E-state index contributed by atoms with van der Waals surface area (Å²) in [5.74, 6) is -0.195. The number of aromatic nitrogens is 2. The molecule has 1 aromatic heterocycles. The zero-order chi connectivity index (χ0) is 12.4. The Morgan fingerprint density at radius 2 is 2.00 bits per heavy atom. The molecule has 0 unspecified atom stereocenters. The van der Waals surface area contributed by atoms with Crippen molar-refractivity contribution in [1.82, 2.24) is 9.78 Å². The van der Waals surface area contributed by atoms with Gasteiger partial charge in [0, 0.05) is 18.1 Å². The van der Waals surface area contributed by atoms with Crippen molar-refractivity contribution in [1.29, 1.82) is 0 Å². The van der Waals surface area contributed by atoms with Gasteiger partial charge in [0.15, 0.2) is 0 Å². The summed E-state index contributed by atoms with van der Waals surface area (Å²) in [6.45, 7) is 0.792. The van der Waals surface area contributed by atoms with E-state index in [9.17, 15) is 4.39 Å². The minimum Gasteiger partial charge on any atom is -0.271 e. The molecule has 0 spiro atoms. The third kappa shape index (κ3) is 2.25. The number of hydrogen-bond donors (Lipinski definition) is 0. The van der Waals surface area contributed by atoms with Crippen molar-refractivity contribution >= 4 is 10.9 Å². The summed E-state index contributed by atoms with van der Waals surface area (Å²) in [6, 6.07) is 15.4. The Balaban J connectivity index is 1.74. The fourth-order valence-electron chi connectivity index (χ4n) is 1.97. The standard InChI is InChI=1S/C15H12FN2/c16-14-7-5-12(6-8-14)9-10-18-11-13-3-1-2-4-15(13)17-18/h2-8,11H,9-10H2. The molecule has 2 nitrogen and oxygen atoms in total. The third-order valence-corrected chi connectivity index (χ3v) is 2.94. The number of rotatable bonds is 3. The van der Waals surface area contributed by atoms with Crippen LogP contribution in [0.4, 0.5) is 4.39 Å². The molecule has 2 aromatic carbocycles. The first-order valence-corrected chi connectivity index (χ1v) is 5.89. The van der Waals surface area contributed by atoms with E-state index in [4.69, 9.17) is 0 Å². The van der Waals surface area contributed by atoms with Crippen molar-refractivity contribution in [3.63, 3.8) is 0 Å². The molecule has 18 heavy (non-hydrogen) atoms. The van der Waals surface area contributed by atoms with Crippen LogP contribution in [-0.4, -0.2) is 9.78 Å². The number of nitrogens with zero attached hydrogens (tertiary/aromatic N) is 2. The number of fused-ring (bicyclic) bond motifs is 1. The van der Waals surface area contributed by atoms with Crippen LogP contribution in [0.25, 0.3) is 10.9 Å². The first-order valence-electron chi connectivity index (χ1n) is 5.89. The summed E-state index contributed by atoms with van der Waals surface area (Å²) in [4.78, 5) is 0. The molecule has 0 aliphatic rings. The Morgan fingerprint density at radius 1 is 1.17 bits per heavy atom. The van der Waals surface area contributed by atoms with E-state index in [2.05, 4.69) is 11.2 Å². The summed E-state index contributed by atoms with van der Waals surface area (Å²) in [6.07, 6.45) is 2.85. The van der Waals surface area contributed by atoms with Crippen LogP contribution in [0.3, 0.4) is 0 Å². The monoisotopic (exact) mass is 239 g/mol. The predicted molar refractivity (Wildman–Crippen MR) is 68.7 cm³/mol. The van der Waals surface area contributed by atoms with Crippen molar-refractivity contribution in [2.45, 2.75) is 13.0 Å². The smallest absolute Gasteiger partial charge is 0.123 e. The van der Waals surface area contributed by atoms with E-state index in [1.54, 1.807) is 0 Å². The molecule has 0 aliphatic carbocycles. The number of hydrogen-bond acceptors (Lipinski definition) is 1. The topological polar surface area (TPSA) is 17.8 Å². The molecule has 0 atom stereocenters. The zero-order valence-corrected chi connectivity index (χ0v) is 9.81. The lowest BCUT2D eigenvalue weighted by atomic mass is 10.1. The molecule has 0 saturated carbocycles. The summed E-state index contributed by atoms with van der Waals surface area (Å²) < 4.78 is 14.7. The molecule has 1 radical (unpaired) electrons. The summed E-state index contributed by atoms with van der Waals surface area (Å²) >= 11 is 0. The van der Waals surface area contributed by atoms with Crippen LogP contribution in [-0.2, 0) is 13.0 Å². The van der Waals surface area contributed by atoms with Gasteiger partial charge in [0.05, 0.1) is 5.52 Å². The van der Waals surface area contributed by atoms with Crippen LogP contribution in [0.1, 0.15) is 5.56 Å². The minimum absolute atomic E-state index is 0.195. The Morgan fingerprint density at radius 3 is 2.78 bits per heavy atom. The van der Waals surface area contributed by atoms with Gasteiger partial charge in [0.1, 0.15) is 5.82 Å². The van der Waals surface area contributed by atoms with Gasteiger partial charge >= 0.3 is 0 Å². The summed E-state index contributed by atoms with van der Waals surface area (Å²) in [7, 11) is 0. The molecule has 0 bridgehead atoms. The van der Waals surface area contributed by atoms with E-state index in [1.165, 1.54) is 12.1 Å². The number of benzene rings is 2. The average molecular weight is 239 g/mol. The van der Waals surface area contributed by atoms with Gasteiger partial charge in [0.2, 0.25) is 0 Å². The highest BCUT2D eigenvalue weighted by atomic mass is 19.1. The van der Waals surface area contributed by atoms with E-state index >= 15 is 0 Å². The molecule has 0 amide bonds. The largest absolute Gasteiger partial charge is 0.271 e. The second-order valence-corrected chi connectivity index (χ2v) is 4.25. The van der Waals surface area contributed by atoms with Crippen LogP contribution in [0, 0.1) is 11.9 Å². The van der Waals surface area contributed by atoms with Crippen molar-refractivity contribution < 1.29 is 4.39 Å². The van der Waals surface area contributed by atoms with Crippen LogP contribution in [0.15, 0.2) is 48.7 Å². The normalized spacial score (nSPS) is 10.9. The van der Waals surface area contributed by atoms with E-state index in [-0.39, 0.29) is 5.82 Å². The van der Waals surface area contributed by atoms with Gasteiger partial charge in [-0.15, -0.1) is 0 Å². The van der Waals surface area contributed by atoms with Gasteiger partial charge in [0.25, 0.3) is 0 Å². The van der Waals surface area contributed by atoms with Crippen molar-refractivity contribution in [3.05, 3.63) is 66.1 Å². The lowest BCUT2D eigenvalue weighted by Gasteiger charge is -2.01. The van der Waals surface area contributed by atoms with Gasteiger partial charge in [-0.05, 0) is 42.3 Å². The maximum atomic E-state index is 12.8. The maximum Gasteiger partial charge on any atom is 0.123 e. The van der Waals surface area contributed by atoms with Crippen molar-refractivity contribution in [3.8, 4) is 0 Å².